The van der Waals surface area contributed by atoms with E-state index in [2.05, 4.69) is 0 Å². The van der Waals surface area contributed by atoms with Crippen LogP contribution in [0.15, 0.2) is 18.2 Å². The predicted octanol–water partition coefficient (Wildman–Crippen LogP) is 3.37. The molecule has 0 saturated heterocycles. The van der Waals surface area contributed by atoms with E-state index in [0.717, 1.165) is 5.56 Å². The van der Waals surface area contributed by atoms with Crippen LogP contribution in [0.5, 0.6) is 0 Å². The molecule has 1 atom stereocenters. The van der Waals surface area contributed by atoms with Crippen molar-refractivity contribution >= 4 is 41.6 Å². The number of nitrogens with two attached hydrogens (primary N) is 1. The van der Waals surface area contributed by atoms with Crippen molar-refractivity contribution in [3.8, 4) is 0 Å². The van der Waals surface area contributed by atoms with Crippen LogP contribution in [0.25, 0.3) is 0 Å². The van der Waals surface area contributed by atoms with E-state index in [4.69, 9.17) is 33.7 Å². The molecule has 0 aliphatic carbocycles. The minimum Gasteiger partial charge on any atom is -0.466 e. The SMILES string of the molecule is CCOC(=O)C[C@@H](N)c1ccc(Cl)c(Cl)c1.Cl. The molecule has 0 unspecified atom stereocenters. The molecule has 17 heavy (non-hydrogen) atoms. The first-order valence-electron chi connectivity index (χ1n) is 4.90. The van der Waals surface area contributed by atoms with Gasteiger partial charge in [0.1, 0.15) is 0 Å². The summed E-state index contributed by atoms with van der Waals surface area (Å²) >= 11 is 11.6. The van der Waals surface area contributed by atoms with Crippen LogP contribution in [0.2, 0.25) is 10.0 Å². The maximum absolute atomic E-state index is 11.2. The lowest BCUT2D eigenvalue weighted by Crippen LogP contribution is -2.17. The van der Waals surface area contributed by atoms with Gasteiger partial charge in [-0.3, -0.25) is 4.79 Å². The van der Waals surface area contributed by atoms with Crippen LogP contribution in [0.3, 0.4) is 0 Å². The smallest absolute Gasteiger partial charge is 0.307 e. The highest BCUT2D eigenvalue weighted by Gasteiger charge is 2.13. The van der Waals surface area contributed by atoms with E-state index in [0.29, 0.717) is 16.7 Å². The quantitative estimate of drug-likeness (QED) is 0.867. The summed E-state index contributed by atoms with van der Waals surface area (Å²) in [7, 11) is 0. The Kier molecular flexibility index (Phi) is 7.55. The van der Waals surface area contributed by atoms with E-state index in [1.807, 2.05) is 0 Å². The highest BCUT2D eigenvalue weighted by atomic mass is 35.5. The van der Waals surface area contributed by atoms with Crippen LogP contribution >= 0.6 is 35.6 Å². The van der Waals surface area contributed by atoms with Gasteiger partial charge < -0.3 is 10.5 Å². The average molecular weight is 299 g/mol. The van der Waals surface area contributed by atoms with Gasteiger partial charge in [-0.15, -0.1) is 12.4 Å². The molecule has 2 N–H and O–H groups in total. The van der Waals surface area contributed by atoms with Crippen LogP contribution in [0.1, 0.15) is 24.9 Å². The second kappa shape index (κ2) is 7.77. The highest BCUT2D eigenvalue weighted by Crippen LogP contribution is 2.26. The van der Waals surface area contributed by atoms with Gasteiger partial charge in [0.05, 0.1) is 23.1 Å². The largest absolute Gasteiger partial charge is 0.466 e. The van der Waals surface area contributed by atoms with E-state index in [9.17, 15) is 4.79 Å². The Hall–Kier alpha value is -0.480. The topological polar surface area (TPSA) is 52.3 Å². The number of rotatable bonds is 4. The van der Waals surface area contributed by atoms with Crippen LogP contribution in [0, 0.1) is 0 Å². The van der Waals surface area contributed by atoms with Crippen molar-refractivity contribution < 1.29 is 9.53 Å². The zero-order valence-electron chi connectivity index (χ0n) is 9.28. The van der Waals surface area contributed by atoms with E-state index in [1.54, 1.807) is 25.1 Å². The number of halogens is 3. The molecule has 3 nitrogen and oxygen atoms in total. The lowest BCUT2D eigenvalue weighted by Gasteiger charge is -2.11. The van der Waals surface area contributed by atoms with Gasteiger partial charge >= 0.3 is 5.97 Å². The molecule has 1 aromatic rings. The number of carbonyl (C=O) groups is 1. The van der Waals surface area contributed by atoms with Crippen molar-refractivity contribution in [2.75, 3.05) is 6.61 Å². The third-order valence-electron chi connectivity index (χ3n) is 2.06. The van der Waals surface area contributed by atoms with E-state index in [-0.39, 0.29) is 24.8 Å². The summed E-state index contributed by atoms with van der Waals surface area (Å²) in [6.07, 6.45) is 0.131. The van der Waals surface area contributed by atoms with Crippen molar-refractivity contribution in [3.05, 3.63) is 33.8 Å². The van der Waals surface area contributed by atoms with Crippen molar-refractivity contribution in [3.63, 3.8) is 0 Å². The molecule has 0 aliphatic rings. The first-order valence-corrected chi connectivity index (χ1v) is 5.66. The summed E-state index contributed by atoms with van der Waals surface area (Å²) in [6.45, 7) is 2.11. The Labute approximate surface area is 117 Å². The third kappa shape index (κ3) is 5.13. The molecule has 0 spiro atoms. The second-order valence-electron chi connectivity index (χ2n) is 3.29. The van der Waals surface area contributed by atoms with Crippen molar-refractivity contribution in [1.82, 2.24) is 0 Å². The molecule has 0 saturated carbocycles. The minimum absolute atomic E-state index is 0. The zero-order valence-corrected chi connectivity index (χ0v) is 11.6. The van der Waals surface area contributed by atoms with Gasteiger partial charge in [0, 0.05) is 6.04 Å². The number of hydrogen-bond donors (Lipinski definition) is 1. The summed E-state index contributed by atoms with van der Waals surface area (Å²) < 4.78 is 4.81. The Balaban J connectivity index is 0.00000256. The van der Waals surface area contributed by atoms with Gasteiger partial charge in [-0.1, -0.05) is 29.3 Å². The van der Waals surface area contributed by atoms with Crippen molar-refractivity contribution in [2.45, 2.75) is 19.4 Å². The monoisotopic (exact) mass is 297 g/mol. The summed E-state index contributed by atoms with van der Waals surface area (Å²) in [5.41, 5.74) is 6.61. The molecule has 96 valence electrons. The molecule has 0 bridgehead atoms. The van der Waals surface area contributed by atoms with E-state index in [1.165, 1.54) is 0 Å². The molecular weight excluding hydrogens is 284 g/mol. The van der Waals surface area contributed by atoms with Crippen molar-refractivity contribution in [1.29, 1.82) is 0 Å². The Morgan fingerprint density at radius 1 is 1.41 bits per heavy atom. The average Bonchev–Trinajstić information content (AvgIpc) is 2.22. The maximum Gasteiger partial charge on any atom is 0.307 e. The molecule has 0 fully saturated rings. The highest BCUT2D eigenvalue weighted by molar-refractivity contribution is 6.42. The van der Waals surface area contributed by atoms with Crippen LogP contribution < -0.4 is 5.73 Å². The van der Waals surface area contributed by atoms with Gasteiger partial charge in [-0.2, -0.15) is 0 Å². The Morgan fingerprint density at radius 2 is 2.06 bits per heavy atom. The molecular formula is C11H14Cl3NO2. The van der Waals surface area contributed by atoms with E-state index >= 15 is 0 Å². The standard InChI is InChI=1S/C11H13Cl2NO2.ClH/c1-2-16-11(15)6-10(14)7-3-4-8(12)9(13)5-7;/h3-5,10H,2,6,14H2,1H3;1H/t10-;/m1./s1. The summed E-state index contributed by atoms with van der Waals surface area (Å²) in [5, 5.41) is 0.896. The van der Waals surface area contributed by atoms with Gasteiger partial charge in [-0.25, -0.2) is 0 Å². The first-order chi connectivity index (χ1) is 7.54. The van der Waals surface area contributed by atoms with Gasteiger partial charge in [0.25, 0.3) is 0 Å². The lowest BCUT2D eigenvalue weighted by molar-refractivity contribution is -0.143. The zero-order chi connectivity index (χ0) is 12.1. The minimum atomic E-state index is -0.422. The Bertz CT molecular complexity index is 385. The van der Waals surface area contributed by atoms with Crippen LogP contribution in [-0.2, 0) is 9.53 Å². The summed E-state index contributed by atoms with van der Waals surface area (Å²) in [4.78, 5) is 11.2. The molecule has 6 heteroatoms. The lowest BCUT2D eigenvalue weighted by atomic mass is 10.1. The van der Waals surface area contributed by atoms with Crippen molar-refractivity contribution in [2.24, 2.45) is 5.73 Å². The number of esters is 1. The molecule has 0 amide bonds. The molecule has 0 heterocycles. The number of ether oxygens (including phenoxy) is 1. The number of hydrogen-bond acceptors (Lipinski definition) is 3. The van der Waals surface area contributed by atoms with Gasteiger partial charge in [0.15, 0.2) is 0 Å². The third-order valence-corrected chi connectivity index (χ3v) is 2.80. The summed E-state index contributed by atoms with van der Waals surface area (Å²) in [6, 6.07) is 4.64. The maximum atomic E-state index is 11.2. The molecule has 1 aromatic carbocycles. The molecule has 0 aliphatic heterocycles. The summed E-state index contributed by atoms with van der Waals surface area (Å²) in [5.74, 6) is -0.318. The first kappa shape index (κ1) is 16.5. The number of benzene rings is 1. The molecule has 0 aromatic heterocycles. The van der Waals surface area contributed by atoms with Crippen LogP contribution in [0.4, 0.5) is 0 Å². The fraction of sp³-hybridized carbons (Fsp3) is 0.364. The fourth-order valence-corrected chi connectivity index (χ4v) is 1.57. The second-order valence-corrected chi connectivity index (χ2v) is 4.10. The molecule has 1 rings (SSSR count). The number of carbonyl (C=O) groups excluding carboxylic acids is 1. The van der Waals surface area contributed by atoms with Gasteiger partial charge in [-0.05, 0) is 24.6 Å². The fourth-order valence-electron chi connectivity index (χ4n) is 1.26. The van der Waals surface area contributed by atoms with Crippen LogP contribution in [-0.4, -0.2) is 12.6 Å². The Morgan fingerprint density at radius 3 is 2.59 bits per heavy atom. The predicted molar refractivity (Wildman–Crippen MR) is 71.9 cm³/mol. The normalized spacial score (nSPS) is 11.5. The molecule has 0 radical (unpaired) electrons. The van der Waals surface area contributed by atoms with Gasteiger partial charge in [0.2, 0.25) is 0 Å². The van der Waals surface area contributed by atoms with E-state index < -0.39 is 6.04 Å².